The third-order valence-electron chi connectivity index (χ3n) is 6.53. The molecule has 0 spiro atoms. The zero-order valence-electron chi connectivity index (χ0n) is 17.9. The lowest BCUT2D eigenvalue weighted by molar-refractivity contribution is -0.0753. The number of aromatic nitrogens is 2. The molecular weight excluding hydrogens is 418 g/mol. The summed E-state index contributed by atoms with van der Waals surface area (Å²) in [7, 11) is 1.15. The van der Waals surface area contributed by atoms with Gasteiger partial charge in [-0.25, -0.2) is 0 Å². The number of ether oxygens (including phenoxy) is 1. The van der Waals surface area contributed by atoms with Crippen molar-refractivity contribution >= 4 is 22.4 Å². The van der Waals surface area contributed by atoms with Crippen molar-refractivity contribution in [1.82, 2.24) is 14.7 Å². The van der Waals surface area contributed by atoms with Crippen molar-refractivity contribution in [2.75, 3.05) is 25.2 Å². The molecule has 3 unspecified atom stereocenters. The molecular formula is C23H32ClN3O2S. The van der Waals surface area contributed by atoms with Gasteiger partial charge in [0.15, 0.2) is 0 Å². The fourth-order valence-corrected chi connectivity index (χ4v) is 5.86. The van der Waals surface area contributed by atoms with Crippen LogP contribution in [0.15, 0.2) is 36.5 Å². The highest BCUT2D eigenvalue weighted by molar-refractivity contribution is 7.84. The molecule has 0 radical (unpaired) electrons. The first-order valence-corrected chi connectivity index (χ1v) is 13.0. The van der Waals surface area contributed by atoms with Crippen LogP contribution >= 0.6 is 11.6 Å². The molecule has 1 aromatic carbocycles. The van der Waals surface area contributed by atoms with Crippen LogP contribution in [0.3, 0.4) is 0 Å². The van der Waals surface area contributed by atoms with Crippen LogP contribution in [0.4, 0.5) is 0 Å². The van der Waals surface area contributed by atoms with Crippen molar-refractivity contribution in [3.63, 3.8) is 0 Å². The van der Waals surface area contributed by atoms with Gasteiger partial charge < -0.3 is 4.74 Å². The van der Waals surface area contributed by atoms with Crippen LogP contribution in [-0.2, 0) is 29.0 Å². The molecule has 2 heterocycles. The molecule has 3 atom stereocenters. The number of halogens is 1. The van der Waals surface area contributed by atoms with Crippen LogP contribution in [-0.4, -0.2) is 62.2 Å². The maximum atomic E-state index is 11.8. The molecule has 7 heteroatoms. The molecule has 2 aromatic rings. The predicted molar refractivity (Wildman–Crippen MR) is 123 cm³/mol. The lowest BCUT2D eigenvalue weighted by atomic mass is 9.82. The van der Waals surface area contributed by atoms with Crippen LogP contribution in [0.25, 0.3) is 0 Å². The van der Waals surface area contributed by atoms with E-state index >= 15 is 0 Å². The molecule has 164 valence electrons. The summed E-state index contributed by atoms with van der Waals surface area (Å²) in [5.74, 6) is 1.19. The minimum atomic E-state index is -0.840. The Hall–Kier alpha value is -1.21. The maximum absolute atomic E-state index is 11.8. The first-order chi connectivity index (χ1) is 14.5. The highest BCUT2D eigenvalue weighted by atomic mass is 35.5. The predicted octanol–water partition coefficient (Wildman–Crippen LogP) is 3.79. The van der Waals surface area contributed by atoms with Gasteiger partial charge in [-0.1, -0.05) is 23.7 Å². The first kappa shape index (κ1) is 22.0. The number of hydrogen-bond donors (Lipinski definition) is 0. The van der Waals surface area contributed by atoms with Crippen LogP contribution in [0.5, 0.6) is 0 Å². The van der Waals surface area contributed by atoms with E-state index in [1.54, 1.807) is 6.26 Å². The fraction of sp³-hybridized carbons (Fsp3) is 0.609. The van der Waals surface area contributed by atoms with Crippen molar-refractivity contribution < 1.29 is 8.95 Å². The van der Waals surface area contributed by atoms with Crippen LogP contribution < -0.4 is 0 Å². The second kappa shape index (κ2) is 9.94. The Bertz CT molecular complexity index is 848. The second-order valence-electron chi connectivity index (χ2n) is 8.80. The van der Waals surface area contributed by atoms with Gasteiger partial charge in [0.2, 0.25) is 0 Å². The topological polar surface area (TPSA) is 47.4 Å². The minimum absolute atomic E-state index is 0.0609. The summed E-state index contributed by atoms with van der Waals surface area (Å²) in [5, 5.41) is 5.41. The molecule has 0 bridgehead atoms. The summed E-state index contributed by atoms with van der Waals surface area (Å²) in [6.45, 7) is 1.57. The van der Waals surface area contributed by atoms with Gasteiger partial charge in [0.1, 0.15) is 0 Å². The number of hydrogen-bond acceptors (Lipinski definition) is 4. The molecule has 2 fully saturated rings. The van der Waals surface area contributed by atoms with E-state index in [1.165, 1.54) is 36.9 Å². The standard InChI is InChI=1S/C23H32ClN3O2S/c1-26-12-11-23(25-26)18-5-9-20(10-6-18)27-14-22(16-30(2)28)29-15-21(27)13-17-3-7-19(24)8-4-17/h3-4,7-8,11-12,18,20-22H,5-6,9-10,13-16H2,1-2H3. The largest absolute Gasteiger partial charge is 0.374 e. The molecule has 1 aliphatic heterocycles. The van der Waals surface area contributed by atoms with Crippen molar-refractivity contribution in [3.8, 4) is 0 Å². The van der Waals surface area contributed by atoms with Gasteiger partial charge in [0, 0.05) is 59.9 Å². The Labute approximate surface area is 187 Å². The highest BCUT2D eigenvalue weighted by Crippen LogP contribution is 2.36. The van der Waals surface area contributed by atoms with Crippen molar-refractivity contribution in [3.05, 3.63) is 52.8 Å². The average molecular weight is 450 g/mol. The van der Waals surface area contributed by atoms with Gasteiger partial charge in [0.05, 0.1) is 24.2 Å². The second-order valence-corrected chi connectivity index (χ2v) is 10.7. The summed E-state index contributed by atoms with van der Waals surface area (Å²) < 4.78 is 19.8. The SMILES string of the molecule is Cn1ccc(C2CCC(N3CC(CS(C)=O)OCC3Cc3ccc(Cl)cc3)CC2)n1. The number of aryl methyl sites for hydroxylation is 1. The summed E-state index contributed by atoms with van der Waals surface area (Å²) in [4.78, 5) is 2.66. The van der Waals surface area contributed by atoms with Gasteiger partial charge in [-0.05, 0) is 55.9 Å². The summed E-state index contributed by atoms with van der Waals surface area (Å²) in [5.41, 5.74) is 2.52. The molecule has 30 heavy (non-hydrogen) atoms. The van der Waals surface area contributed by atoms with Crippen LogP contribution in [0.1, 0.15) is 42.9 Å². The first-order valence-electron chi connectivity index (χ1n) is 10.9. The Morgan fingerprint density at radius 2 is 1.90 bits per heavy atom. The maximum Gasteiger partial charge on any atom is 0.0817 e. The van der Waals surface area contributed by atoms with E-state index in [9.17, 15) is 4.21 Å². The number of benzene rings is 1. The van der Waals surface area contributed by atoms with E-state index in [0.717, 1.165) is 18.0 Å². The molecule has 1 saturated carbocycles. The Balaban J connectivity index is 1.44. The summed E-state index contributed by atoms with van der Waals surface area (Å²) >= 11 is 6.07. The molecule has 1 saturated heterocycles. The quantitative estimate of drug-likeness (QED) is 0.673. The molecule has 2 aliphatic rings. The van der Waals surface area contributed by atoms with Crippen molar-refractivity contribution in [1.29, 1.82) is 0 Å². The molecule has 0 N–H and O–H groups in total. The zero-order chi connectivity index (χ0) is 21.1. The normalized spacial score (nSPS) is 29.0. The molecule has 0 amide bonds. The number of morpholine rings is 1. The highest BCUT2D eigenvalue weighted by Gasteiger charge is 2.36. The third-order valence-corrected chi connectivity index (χ3v) is 7.62. The fourth-order valence-electron chi connectivity index (χ4n) is 5.01. The van der Waals surface area contributed by atoms with E-state index in [0.29, 0.717) is 30.4 Å². The van der Waals surface area contributed by atoms with E-state index in [-0.39, 0.29) is 6.10 Å². The molecule has 1 aromatic heterocycles. The molecule has 5 nitrogen and oxygen atoms in total. The Kier molecular flexibility index (Phi) is 7.29. The van der Waals surface area contributed by atoms with Gasteiger partial charge in [-0.3, -0.25) is 13.8 Å². The lowest BCUT2D eigenvalue weighted by Crippen LogP contribution is -2.56. The van der Waals surface area contributed by atoms with Gasteiger partial charge in [-0.15, -0.1) is 0 Å². The van der Waals surface area contributed by atoms with Gasteiger partial charge in [0.25, 0.3) is 0 Å². The Morgan fingerprint density at radius 3 is 2.53 bits per heavy atom. The lowest BCUT2D eigenvalue weighted by Gasteiger charge is -2.46. The Morgan fingerprint density at radius 1 is 1.17 bits per heavy atom. The third kappa shape index (κ3) is 5.52. The minimum Gasteiger partial charge on any atom is -0.374 e. The van der Waals surface area contributed by atoms with E-state index < -0.39 is 10.8 Å². The van der Waals surface area contributed by atoms with E-state index in [2.05, 4.69) is 28.2 Å². The monoisotopic (exact) mass is 449 g/mol. The van der Waals surface area contributed by atoms with E-state index in [4.69, 9.17) is 16.3 Å². The number of rotatable bonds is 6. The molecule has 1 aliphatic carbocycles. The van der Waals surface area contributed by atoms with Crippen molar-refractivity contribution in [2.45, 2.75) is 56.2 Å². The van der Waals surface area contributed by atoms with Gasteiger partial charge >= 0.3 is 0 Å². The summed E-state index contributed by atoms with van der Waals surface area (Å²) in [6, 6.07) is 11.2. The van der Waals surface area contributed by atoms with E-state index in [1.807, 2.05) is 30.1 Å². The van der Waals surface area contributed by atoms with Crippen molar-refractivity contribution in [2.24, 2.45) is 7.05 Å². The smallest absolute Gasteiger partial charge is 0.0817 e. The van der Waals surface area contributed by atoms with Crippen LogP contribution in [0.2, 0.25) is 5.02 Å². The van der Waals surface area contributed by atoms with Gasteiger partial charge in [-0.2, -0.15) is 5.10 Å². The summed E-state index contributed by atoms with van der Waals surface area (Å²) in [6.07, 6.45) is 9.55. The number of nitrogens with zero attached hydrogens (tertiary/aromatic N) is 3. The zero-order valence-corrected chi connectivity index (χ0v) is 19.4. The molecule has 4 rings (SSSR count). The average Bonchev–Trinajstić information content (AvgIpc) is 3.17. The van der Waals surface area contributed by atoms with Crippen LogP contribution in [0, 0.1) is 0 Å².